The highest BCUT2D eigenvalue weighted by Gasteiger charge is 2.27. The zero-order valence-corrected chi connectivity index (χ0v) is 14.0. The van der Waals surface area contributed by atoms with Crippen LogP contribution in [0.25, 0.3) is 0 Å². The topological polar surface area (TPSA) is 55.8 Å². The van der Waals surface area contributed by atoms with Gasteiger partial charge in [0.2, 0.25) is 0 Å². The Kier molecular flexibility index (Phi) is 5.31. The van der Waals surface area contributed by atoms with Crippen molar-refractivity contribution in [3.8, 4) is 11.5 Å². The molecule has 0 spiro atoms. The van der Waals surface area contributed by atoms with E-state index in [2.05, 4.69) is 0 Å². The van der Waals surface area contributed by atoms with Crippen LogP contribution < -0.4 is 9.05 Å². The Morgan fingerprint density at radius 3 is 1.52 bits per heavy atom. The van der Waals surface area contributed by atoms with Crippen molar-refractivity contribution in [3.05, 3.63) is 56.5 Å². The molecule has 9 heteroatoms. The summed E-state index contributed by atoms with van der Waals surface area (Å²) in [5.41, 5.74) is 0. The molecule has 0 saturated carbocycles. The van der Waals surface area contributed by atoms with E-state index in [1.165, 1.54) is 36.4 Å². The van der Waals surface area contributed by atoms with Gasteiger partial charge in [0, 0.05) is 10.0 Å². The van der Waals surface area contributed by atoms with Gasteiger partial charge in [0.15, 0.2) is 11.5 Å². The lowest BCUT2D eigenvalue weighted by Gasteiger charge is -2.15. The van der Waals surface area contributed by atoms with Crippen molar-refractivity contribution < 1.29 is 18.5 Å². The van der Waals surface area contributed by atoms with E-state index in [4.69, 9.17) is 55.5 Å². The molecular formula is C12H7Cl4O4P. The van der Waals surface area contributed by atoms with E-state index in [1.807, 2.05) is 0 Å². The van der Waals surface area contributed by atoms with Gasteiger partial charge in [-0.3, -0.25) is 4.89 Å². The highest BCUT2D eigenvalue weighted by atomic mass is 35.5. The van der Waals surface area contributed by atoms with Crippen molar-refractivity contribution in [2.24, 2.45) is 0 Å². The molecule has 0 saturated heterocycles. The van der Waals surface area contributed by atoms with Crippen molar-refractivity contribution in [2.75, 3.05) is 0 Å². The van der Waals surface area contributed by atoms with Crippen LogP contribution >= 0.6 is 54.2 Å². The molecule has 0 heterocycles. The van der Waals surface area contributed by atoms with Gasteiger partial charge in [-0.15, -0.1) is 0 Å². The normalized spacial score (nSPS) is 11.3. The first kappa shape index (κ1) is 16.8. The van der Waals surface area contributed by atoms with Gasteiger partial charge in [-0.2, -0.15) is 0 Å². The number of phosphoric acid groups is 1. The number of benzene rings is 2. The maximum atomic E-state index is 12.0. The van der Waals surface area contributed by atoms with Crippen molar-refractivity contribution in [2.45, 2.75) is 0 Å². The second-order valence-electron chi connectivity index (χ2n) is 3.80. The van der Waals surface area contributed by atoms with Gasteiger partial charge >= 0.3 is 7.82 Å². The molecule has 21 heavy (non-hydrogen) atoms. The van der Waals surface area contributed by atoms with E-state index in [1.54, 1.807) is 0 Å². The van der Waals surface area contributed by atoms with Gasteiger partial charge in [-0.1, -0.05) is 46.4 Å². The number of halogens is 4. The lowest BCUT2D eigenvalue weighted by molar-refractivity contribution is 0.291. The lowest BCUT2D eigenvalue weighted by Crippen LogP contribution is -2.00. The molecule has 0 aliphatic heterocycles. The minimum atomic E-state index is -4.48. The molecule has 0 unspecified atom stereocenters. The van der Waals surface area contributed by atoms with Crippen LogP contribution in [-0.4, -0.2) is 4.89 Å². The minimum Gasteiger partial charge on any atom is -0.394 e. The zero-order chi connectivity index (χ0) is 15.6. The molecule has 0 bridgehead atoms. The Hall–Kier alpha value is -0.610. The first-order valence-corrected chi connectivity index (χ1v) is 8.40. The van der Waals surface area contributed by atoms with Crippen molar-refractivity contribution in [1.29, 1.82) is 0 Å². The molecule has 0 amide bonds. The molecule has 0 aliphatic carbocycles. The van der Waals surface area contributed by atoms with E-state index in [9.17, 15) is 9.46 Å². The molecule has 2 rings (SSSR count). The van der Waals surface area contributed by atoms with Crippen LogP contribution in [-0.2, 0) is 4.57 Å². The maximum absolute atomic E-state index is 12.0. The molecule has 0 aliphatic rings. The fourth-order valence-corrected chi connectivity index (χ4v) is 3.22. The fourth-order valence-electron chi connectivity index (χ4n) is 1.37. The number of rotatable bonds is 4. The molecular weight excluding hydrogens is 381 g/mol. The van der Waals surface area contributed by atoms with Crippen LogP contribution in [0.4, 0.5) is 0 Å². The van der Waals surface area contributed by atoms with Crippen molar-refractivity contribution in [1.82, 2.24) is 0 Å². The predicted octanol–water partition coefficient (Wildman–Crippen LogP) is 5.86. The second-order valence-corrected chi connectivity index (χ2v) is 6.79. The Morgan fingerprint density at radius 1 is 0.810 bits per heavy atom. The number of hydrogen-bond acceptors (Lipinski definition) is 3. The van der Waals surface area contributed by atoms with Crippen molar-refractivity contribution in [3.63, 3.8) is 0 Å². The van der Waals surface area contributed by atoms with Crippen LogP contribution in [0.2, 0.25) is 20.1 Å². The van der Waals surface area contributed by atoms with Crippen LogP contribution in [0.15, 0.2) is 36.4 Å². The summed E-state index contributed by atoms with van der Waals surface area (Å²) in [6, 6.07) is 8.35. The molecule has 0 fully saturated rings. The molecule has 2 aromatic rings. The van der Waals surface area contributed by atoms with Gasteiger partial charge in [-0.05, 0) is 36.4 Å². The molecule has 0 aromatic heterocycles. The Bertz CT molecular complexity index is 665. The third-order valence-electron chi connectivity index (χ3n) is 2.22. The summed E-state index contributed by atoms with van der Waals surface area (Å²) < 4.78 is 21.7. The highest BCUT2D eigenvalue weighted by Crippen LogP contribution is 2.48. The third-order valence-corrected chi connectivity index (χ3v) is 4.13. The van der Waals surface area contributed by atoms with E-state index in [0.29, 0.717) is 10.0 Å². The predicted molar refractivity (Wildman–Crippen MR) is 84.0 cm³/mol. The molecule has 0 radical (unpaired) electrons. The van der Waals surface area contributed by atoms with Crippen molar-refractivity contribution >= 4 is 54.2 Å². The third kappa shape index (κ3) is 4.68. The molecule has 0 atom stereocenters. The van der Waals surface area contributed by atoms with E-state index in [-0.39, 0.29) is 21.5 Å². The maximum Gasteiger partial charge on any atom is 0.585 e. The SMILES string of the molecule is O=P(O)(Oc1ccc(Cl)cc1Cl)Oc1ccc(Cl)cc1Cl. The quantitative estimate of drug-likeness (QED) is 0.667. The average molecular weight is 388 g/mol. The standard InChI is InChI=1S/C12H7Cl4O4P/c13-7-1-3-11(9(15)5-7)19-21(17,18)20-12-4-2-8(14)6-10(12)16/h1-6H,(H,17,18). The van der Waals surface area contributed by atoms with E-state index < -0.39 is 7.82 Å². The zero-order valence-electron chi connectivity index (χ0n) is 10.1. The lowest BCUT2D eigenvalue weighted by atomic mass is 10.3. The van der Waals surface area contributed by atoms with Gasteiger partial charge < -0.3 is 9.05 Å². The fraction of sp³-hybridized carbons (Fsp3) is 0. The summed E-state index contributed by atoms with van der Waals surface area (Å²) in [6.45, 7) is 0. The Balaban J connectivity index is 2.20. The monoisotopic (exact) mass is 386 g/mol. The Morgan fingerprint density at radius 2 is 1.19 bits per heavy atom. The summed E-state index contributed by atoms with van der Waals surface area (Å²) in [5.74, 6) is -0.0889. The van der Waals surface area contributed by atoms with Crippen LogP contribution in [0.5, 0.6) is 11.5 Å². The molecule has 2 aromatic carbocycles. The number of hydrogen-bond donors (Lipinski definition) is 1. The van der Waals surface area contributed by atoms with Gasteiger partial charge in [0.25, 0.3) is 0 Å². The summed E-state index contributed by atoms with van der Waals surface area (Å²) in [5, 5.41) is 0.869. The summed E-state index contributed by atoms with van der Waals surface area (Å²) in [6.07, 6.45) is 0. The largest absolute Gasteiger partial charge is 0.585 e. The van der Waals surface area contributed by atoms with E-state index >= 15 is 0 Å². The van der Waals surface area contributed by atoms with Gasteiger partial charge in [-0.25, -0.2) is 4.57 Å². The van der Waals surface area contributed by atoms with Crippen LogP contribution in [0.3, 0.4) is 0 Å². The Labute approximate surface area is 140 Å². The first-order chi connectivity index (χ1) is 9.77. The average Bonchev–Trinajstić information content (AvgIpc) is 2.36. The summed E-state index contributed by atoms with van der Waals surface area (Å²) in [7, 11) is -4.48. The van der Waals surface area contributed by atoms with Gasteiger partial charge in [0.1, 0.15) is 0 Å². The smallest absolute Gasteiger partial charge is 0.394 e. The highest BCUT2D eigenvalue weighted by molar-refractivity contribution is 7.48. The number of phosphoric ester groups is 1. The van der Waals surface area contributed by atoms with E-state index in [0.717, 1.165) is 0 Å². The minimum absolute atomic E-state index is 0.0445. The van der Waals surface area contributed by atoms with Gasteiger partial charge in [0.05, 0.1) is 10.0 Å². The molecule has 4 nitrogen and oxygen atoms in total. The first-order valence-electron chi connectivity index (χ1n) is 5.39. The molecule has 112 valence electrons. The van der Waals surface area contributed by atoms with Crippen LogP contribution in [0.1, 0.15) is 0 Å². The van der Waals surface area contributed by atoms with Crippen LogP contribution in [0, 0.1) is 0 Å². The summed E-state index contributed by atoms with van der Waals surface area (Å²) in [4.78, 5) is 9.74. The molecule has 1 N–H and O–H groups in total. The second kappa shape index (κ2) is 6.66. The summed E-state index contributed by atoms with van der Waals surface area (Å²) >= 11 is 23.1.